The molecule has 0 saturated heterocycles. The molecule has 3 aromatic rings. The van der Waals surface area contributed by atoms with Gasteiger partial charge in [0.05, 0.1) is 11.1 Å². The van der Waals surface area contributed by atoms with Gasteiger partial charge in [0.2, 0.25) is 6.79 Å². The van der Waals surface area contributed by atoms with Crippen molar-refractivity contribution in [2.75, 3.05) is 6.79 Å². The quantitative estimate of drug-likeness (QED) is 0.656. The molecule has 1 aliphatic carbocycles. The molecule has 28 heavy (non-hydrogen) atoms. The minimum Gasteiger partial charge on any atom is -0.454 e. The van der Waals surface area contributed by atoms with E-state index >= 15 is 0 Å². The third kappa shape index (κ3) is 2.95. The Morgan fingerprint density at radius 2 is 1.82 bits per heavy atom. The van der Waals surface area contributed by atoms with Crippen LogP contribution in [0.25, 0.3) is 11.3 Å². The van der Waals surface area contributed by atoms with E-state index in [1.165, 1.54) is 5.56 Å². The molecule has 0 atom stereocenters. The summed E-state index contributed by atoms with van der Waals surface area (Å²) in [7, 11) is 0. The van der Waals surface area contributed by atoms with E-state index in [2.05, 4.69) is 25.1 Å². The first-order valence-corrected chi connectivity index (χ1v) is 9.60. The summed E-state index contributed by atoms with van der Waals surface area (Å²) in [6.07, 6.45) is 2.10. The van der Waals surface area contributed by atoms with Crippen LogP contribution in [0.3, 0.4) is 0 Å². The van der Waals surface area contributed by atoms with Gasteiger partial charge in [0.1, 0.15) is 5.78 Å². The summed E-state index contributed by atoms with van der Waals surface area (Å²) in [5, 5.41) is 0. The van der Waals surface area contributed by atoms with Gasteiger partial charge >= 0.3 is 0 Å². The maximum atomic E-state index is 13.2. The van der Waals surface area contributed by atoms with Crippen LogP contribution in [-0.2, 0) is 16.6 Å². The predicted octanol–water partition coefficient (Wildman–Crippen LogP) is 4.63. The zero-order valence-electron chi connectivity index (χ0n) is 15.8. The minimum absolute atomic E-state index is 0.222. The molecule has 2 aliphatic rings. The molecule has 2 aromatic carbocycles. The van der Waals surface area contributed by atoms with Crippen LogP contribution in [-0.4, -0.2) is 17.6 Å². The first-order valence-electron chi connectivity index (χ1n) is 9.60. The fourth-order valence-corrected chi connectivity index (χ4v) is 3.92. The molecule has 0 amide bonds. The number of carbonyl (C=O) groups excluding carboxylic acids is 1. The molecule has 4 nitrogen and oxygen atoms in total. The van der Waals surface area contributed by atoms with Gasteiger partial charge in [-0.25, -0.2) is 0 Å². The summed E-state index contributed by atoms with van der Waals surface area (Å²) in [5.41, 5.74) is 4.61. The monoisotopic (exact) mass is 371 g/mol. The highest BCUT2D eigenvalue weighted by Gasteiger charge is 2.50. The lowest BCUT2D eigenvalue weighted by Crippen LogP contribution is -2.23. The summed E-state index contributed by atoms with van der Waals surface area (Å²) in [5.74, 6) is 1.70. The number of aryl methyl sites for hydroxylation is 1. The molecule has 5 rings (SSSR count). The summed E-state index contributed by atoms with van der Waals surface area (Å²) in [4.78, 5) is 17.9. The van der Waals surface area contributed by atoms with Crippen molar-refractivity contribution in [2.45, 2.75) is 31.6 Å². The third-order valence-electron chi connectivity index (χ3n) is 5.67. The Hall–Kier alpha value is -3.14. The number of hydrogen-bond donors (Lipinski definition) is 0. The predicted molar refractivity (Wildman–Crippen MR) is 107 cm³/mol. The van der Waals surface area contributed by atoms with Crippen LogP contribution >= 0.6 is 0 Å². The topological polar surface area (TPSA) is 48.4 Å². The highest BCUT2D eigenvalue weighted by Crippen LogP contribution is 2.51. The number of benzene rings is 2. The van der Waals surface area contributed by atoms with Crippen molar-refractivity contribution in [3.63, 3.8) is 0 Å². The molecule has 0 bridgehead atoms. The van der Waals surface area contributed by atoms with Gasteiger partial charge in [-0.15, -0.1) is 0 Å². The number of fused-ring (bicyclic) bond motifs is 1. The highest BCUT2D eigenvalue weighted by atomic mass is 16.7. The van der Waals surface area contributed by atoms with E-state index in [9.17, 15) is 4.79 Å². The van der Waals surface area contributed by atoms with Gasteiger partial charge in [-0.2, -0.15) is 0 Å². The van der Waals surface area contributed by atoms with E-state index in [0.717, 1.165) is 46.9 Å². The number of carbonyl (C=O) groups is 1. The highest BCUT2D eigenvalue weighted by molar-refractivity contribution is 5.94. The van der Waals surface area contributed by atoms with Crippen molar-refractivity contribution >= 4 is 5.78 Å². The standard InChI is InChI=1S/C24H21NO3/c1-16-4-2-5-17(12-16)20-7-3-6-19(25-20)14-23(26)24(10-11-24)18-8-9-21-22(13-18)28-15-27-21/h2-9,12-13H,10-11,14-15H2,1H3. The first kappa shape index (κ1) is 17.0. The largest absolute Gasteiger partial charge is 0.454 e. The molecular weight excluding hydrogens is 350 g/mol. The van der Waals surface area contributed by atoms with Gasteiger partial charge in [-0.3, -0.25) is 9.78 Å². The molecule has 0 spiro atoms. The number of aromatic nitrogens is 1. The second-order valence-corrected chi connectivity index (χ2v) is 7.63. The Bertz CT molecular complexity index is 1070. The van der Waals surface area contributed by atoms with Crippen LogP contribution in [0.2, 0.25) is 0 Å². The Balaban J connectivity index is 1.39. The molecule has 0 radical (unpaired) electrons. The molecule has 1 aliphatic heterocycles. The maximum Gasteiger partial charge on any atom is 0.231 e. The van der Waals surface area contributed by atoms with Gasteiger partial charge in [-0.05, 0) is 55.7 Å². The van der Waals surface area contributed by atoms with Crippen LogP contribution < -0.4 is 9.47 Å². The number of hydrogen-bond acceptors (Lipinski definition) is 4. The molecule has 140 valence electrons. The van der Waals surface area contributed by atoms with Gasteiger partial charge in [0.25, 0.3) is 0 Å². The minimum atomic E-state index is -0.401. The molecule has 2 heterocycles. The fourth-order valence-electron chi connectivity index (χ4n) is 3.92. The Morgan fingerprint density at radius 1 is 1.00 bits per heavy atom. The number of pyridine rings is 1. The number of Topliss-reactive ketones (excluding diaryl/α,β-unsaturated/α-hetero) is 1. The van der Waals surface area contributed by atoms with Gasteiger partial charge < -0.3 is 9.47 Å². The van der Waals surface area contributed by atoms with Crippen molar-refractivity contribution in [1.82, 2.24) is 4.98 Å². The van der Waals surface area contributed by atoms with Crippen LogP contribution in [0.1, 0.15) is 29.7 Å². The van der Waals surface area contributed by atoms with Gasteiger partial charge in [-0.1, -0.05) is 35.9 Å². The lowest BCUT2D eigenvalue weighted by molar-refractivity contribution is -0.120. The summed E-state index contributed by atoms with van der Waals surface area (Å²) >= 11 is 0. The third-order valence-corrected chi connectivity index (χ3v) is 5.67. The average molecular weight is 371 g/mol. The summed E-state index contributed by atoms with van der Waals surface area (Å²) in [6, 6.07) is 20.0. The molecule has 4 heteroatoms. The van der Waals surface area contributed by atoms with Gasteiger partial charge in [0.15, 0.2) is 11.5 Å². The smallest absolute Gasteiger partial charge is 0.231 e. The molecule has 1 saturated carbocycles. The second-order valence-electron chi connectivity index (χ2n) is 7.63. The van der Waals surface area contributed by atoms with E-state index in [4.69, 9.17) is 14.5 Å². The van der Waals surface area contributed by atoms with Gasteiger partial charge in [0, 0.05) is 17.7 Å². The Labute approximate surface area is 164 Å². The van der Waals surface area contributed by atoms with Crippen molar-refractivity contribution in [2.24, 2.45) is 0 Å². The van der Waals surface area contributed by atoms with Crippen molar-refractivity contribution in [1.29, 1.82) is 0 Å². The van der Waals surface area contributed by atoms with Crippen molar-refractivity contribution < 1.29 is 14.3 Å². The number of ether oxygens (including phenoxy) is 2. The molecular formula is C24H21NO3. The maximum absolute atomic E-state index is 13.2. The lowest BCUT2D eigenvalue weighted by atomic mass is 9.88. The molecule has 0 N–H and O–H groups in total. The van der Waals surface area contributed by atoms with Crippen LogP contribution in [0.15, 0.2) is 60.7 Å². The molecule has 1 aromatic heterocycles. The fraction of sp³-hybridized carbons (Fsp3) is 0.250. The summed E-state index contributed by atoms with van der Waals surface area (Å²) < 4.78 is 10.9. The number of ketones is 1. The normalized spacial score (nSPS) is 16.0. The molecule has 1 fully saturated rings. The SMILES string of the molecule is Cc1cccc(-c2cccc(CC(=O)C3(c4ccc5c(c4)OCO5)CC3)n2)c1. The zero-order chi connectivity index (χ0) is 19.1. The van der Waals surface area contributed by atoms with Crippen LogP contribution in [0.4, 0.5) is 0 Å². The Morgan fingerprint density at radius 3 is 2.64 bits per heavy atom. The Kier molecular flexibility index (Phi) is 3.93. The van der Waals surface area contributed by atoms with E-state index in [1.54, 1.807) is 0 Å². The van der Waals surface area contributed by atoms with E-state index in [0.29, 0.717) is 6.42 Å². The zero-order valence-corrected chi connectivity index (χ0v) is 15.8. The first-order chi connectivity index (χ1) is 13.6. The number of nitrogens with zero attached hydrogens (tertiary/aromatic N) is 1. The van der Waals surface area contributed by atoms with Crippen molar-refractivity contribution in [3.8, 4) is 22.8 Å². The molecule has 0 unspecified atom stereocenters. The number of rotatable bonds is 5. The van der Waals surface area contributed by atoms with E-state index in [-0.39, 0.29) is 12.6 Å². The summed E-state index contributed by atoms with van der Waals surface area (Å²) in [6.45, 7) is 2.31. The average Bonchev–Trinajstić information content (AvgIpc) is 3.39. The van der Waals surface area contributed by atoms with E-state index < -0.39 is 5.41 Å². The lowest BCUT2D eigenvalue weighted by Gasteiger charge is -2.15. The van der Waals surface area contributed by atoms with Crippen molar-refractivity contribution in [3.05, 3.63) is 77.5 Å². The van der Waals surface area contributed by atoms with E-state index in [1.807, 2.05) is 42.5 Å². The van der Waals surface area contributed by atoms with Crippen LogP contribution in [0, 0.1) is 6.92 Å². The van der Waals surface area contributed by atoms with Crippen LogP contribution in [0.5, 0.6) is 11.5 Å². The second kappa shape index (κ2) is 6.48.